The lowest BCUT2D eigenvalue weighted by atomic mass is 10.0. The van der Waals surface area contributed by atoms with E-state index >= 15 is 0 Å². The van der Waals surface area contributed by atoms with Gasteiger partial charge in [0.25, 0.3) is 0 Å². The molecule has 0 aliphatic heterocycles. The first kappa shape index (κ1) is 15.1. The third-order valence-corrected chi connectivity index (χ3v) is 3.86. The van der Waals surface area contributed by atoms with Crippen molar-refractivity contribution in [3.63, 3.8) is 0 Å². The van der Waals surface area contributed by atoms with Crippen molar-refractivity contribution in [2.24, 2.45) is 0 Å². The van der Waals surface area contributed by atoms with Crippen molar-refractivity contribution in [2.45, 2.75) is 6.92 Å². The van der Waals surface area contributed by atoms with E-state index in [1.54, 1.807) is 18.6 Å². The number of H-pyrrole nitrogens is 1. The van der Waals surface area contributed by atoms with Gasteiger partial charge in [0.15, 0.2) is 0 Å². The number of ether oxygens (including phenoxy) is 1. The van der Waals surface area contributed by atoms with Crippen LogP contribution in [-0.4, -0.2) is 31.5 Å². The van der Waals surface area contributed by atoms with Crippen LogP contribution in [0.15, 0.2) is 49.1 Å². The molecule has 4 rings (SSSR count). The highest BCUT2D eigenvalue weighted by molar-refractivity contribution is 6.03. The molecule has 0 spiro atoms. The molecular formula is C18H16N6O. The van der Waals surface area contributed by atoms with E-state index in [-0.39, 0.29) is 5.95 Å². The molecule has 4 aromatic rings. The molecule has 0 radical (unpaired) electrons. The number of aromatic nitrogens is 5. The maximum atomic E-state index is 5.73. The van der Waals surface area contributed by atoms with E-state index in [0.717, 1.165) is 33.4 Å². The summed E-state index contributed by atoms with van der Waals surface area (Å²) in [4.78, 5) is 20.2. The fourth-order valence-corrected chi connectivity index (χ4v) is 2.80. The summed E-state index contributed by atoms with van der Waals surface area (Å²) in [5.41, 5.74) is 10.1. The minimum Gasteiger partial charge on any atom is -0.478 e. The van der Waals surface area contributed by atoms with E-state index in [1.165, 1.54) is 0 Å². The van der Waals surface area contributed by atoms with Gasteiger partial charge in [-0.05, 0) is 30.7 Å². The molecule has 3 N–H and O–H groups in total. The predicted molar refractivity (Wildman–Crippen MR) is 95.9 cm³/mol. The minimum atomic E-state index is 0.236. The van der Waals surface area contributed by atoms with Crippen molar-refractivity contribution in [1.82, 2.24) is 24.9 Å². The van der Waals surface area contributed by atoms with E-state index in [0.29, 0.717) is 12.5 Å². The molecule has 7 heteroatoms. The summed E-state index contributed by atoms with van der Waals surface area (Å²) in [5.74, 6) is 0.842. The third kappa shape index (κ3) is 2.76. The van der Waals surface area contributed by atoms with Crippen LogP contribution in [0.3, 0.4) is 0 Å². The van der Waals surface area contributed by atoms with Gasteiger partial charge in [-0.2, -0.15) is 0 Å². The number of fused-ring (bicyclic) bond motifs is 1. The first-order valence-electron chi connectivity index (χ1n) is 7.90. The Bertz CT molecular complexity index is 1030. The van der Waals surface area contributed by atoms with E-state index in [2.05, 4.69) is 24.9 Å². The van der Waals surface area contributed by atoms with Crippen molar-refractivity contribution in [3.05, 3.63) is 49.1 Å². The highest BCUT2D eigenvalue weighted by atomic mass is 16.5. The van der Waals surface area contributed by atoms with E-state index < -0.39 is 0 Å². The molecule has 0 amide bonds. The fourth-order valence-electron chi connectivity index (χ4n) is 2.80. The summed E-state index contributed by atoms with van der Waals surface area (Å²) < 4.78 is 5.41. The topological polar surface area (TPSA) is 103 Å². The quantitative estimate of drug-likeness (QED) is 0.595. The van der Waals surface area contributed by atoms with Crippen molar-refractivity contribution in [2.75, 3.05) is 12.3 Å². The monoisotopic (exact) mass is 332 g/mol. The molecule has 0 bridgehead atoms. The first-order valence-corrected chi connectivity index (χ1v) is 7.90. The maximum absolute atomic E-state index is 5.73. The molecule has 7 nitrogen and oxygen atoms in total. The number of hydrogen-bond acceptors (Lipinski definition) is 6. The molecule has 0 atom stereocenters. The normalized spacial score (nSPS) is 10.9. The van der Waals surface area contributed by atoms with Crippen LogP contribution in [-0.2, 0) is 0 Å². The number of pyridine rings is 2. The Morgan fingerprint density at radius 2 is 1.92 bits per heavy atom. The zero-order valence-corrected chi connectivity index (χ0v) is 13.6. The molecular weight excluding hydrogens is 316 g/mol. The third-order valence-electron chi connectivity index (χ3n) is 3.86. The molecule has 0 aliphatic carbocycles. The summed E-state index contributed by atoms with van der Waals surface area (Å²) in [7, 11) is 0. The Hall–Kier alpha value is -3.48. The summed E-state index contributed by atoms with van der Waals surface area (Å²) in [6.07, 6.45) is 7.09. The second-order valence-electron chi connectivity index (χ2n) is 5.40. The number of nitrogens with zero attached hydrogens (tertiary/aromatic N) is 4. The van der Waals surface area contributed by atoms with Crippen LogP contribution in [0.4, 0.5) is 5.95 Å². The zero-order valence-electron chi connectivity index (χ0n) is 13.6. The number of nitrogens with one attached hydrogen (secondary N) is 1. The molecule has 4 heterocycles. The second-order valence-corrected chi connectivity index (χ2v) is 5.40. The lowest BCUT2D eigenvalue weighted by Crippen LogP contribution is -1.95. The summed E-state index contributed by atoms with van der Waals surface area (Å²) >= 11 is 0. The molecule has 25 heavy (non-hydrogen) atoms. The standard InChI is InChI=1S/C18H16N6O/c1-2-25-15-4-3-11(9-22-15)12-5-7-20-17-16(12)13(10-23-17)14-6-8-21-18(19)24-14/h3-10H,2H2,1H3,(H,20,23)(H2,19,21,24). The molecule has 0 fully saturated rings. The van der Waals surface area contributed by atoms with Gasteiger partial charge in [0.1, 0.15) is 5.65 Å². The van der Waals surface area contributed by atoms with Gasteiger partial charge >= 0.3 is 0 Å². The summed E-state index contributed by atoms with van der Waals surface area (Å²) in [6, 6.07) is 7.63. The minimum absolute atomic E-state index is 0.236. The molecule has 0 aromatic carbocycles. The van der Waals surface area contributed by atoms with E-state index in [9.17, 15) is 0 Å². The molecule has 124 valence electrons. The van der Waals surface area contributed by atoms with Crippen LogP contribution in [0.5, 0.6) is 5.88 Å². The Morgan fingerprint density at radius 3 is 2.68 bits per heavy atom. The molecule has 0 saturated carbocycles. The predicted octanol–water partition coefficient (Wildman–Crippen LogP) is 3.06. The van der Waals surface area contributed by atoms with Crippen molar-refractivity contribution < 1.29 is 4.74 Å². The highest BCUT2D eigenvalue weighted by Crippen LogP contribution is 2.34. The number of anilines is 1. The zero-order chi connectivity index (χ0) is 17.2. The Balaban J connectivity index is 1.88. The van der Waals surface area contributed by atoms with Crippen LogP contribution < -0.4 is 10.5 Å². The number of aromatic amines is 1. The largest absolute Gasteiger partial charge is 0.478 e. The molecule has 0 aliphatic rings. The van der Waals surface area contributed by atoms with Crippen LogP contribution in [0.2, 0.25) is 0 Å². The Kier molecular flexibility index (Phi) is 3.74. The average molecular weight is 332 g/mol. The van der Waals surface area contributed by atoms with Gasteiger partial charge in [-0.25, -0.2) is 19.9 Å². The maximum Gasteiger partial charge on any atom is 0.220 e. The van der Waals surface area contributed by atoms with Crippen LogP contribution in [0.1, 0.15) is 6.92 Å². The molecule has 0 saturated heterocycles. The highest BCUT2D eigenvalue weighted by Gasteiger charge is 2.14. The lowest BCUT2D eigenvalue weighted by molar-refractivity contribution is 0.327. The lowest BCUT2D eigenvalue weighted by Gasteiger charge is -2.07. The van der Waals surface area contributed by atoms with Crippen molar-refractivity contribution in [3.8, 4) is 28.3 Å². The fraction of sp³-hybridized carbons (Fsp3) is 0.111. The number of rotatable bonds is 4. The van der Waals surface area contributed by atoms with Gasteiger partial charge in [0, 0.05) is 47.4 Å². The molecule has 4 aromatic heterocycles. The average Bonchev–Trinajstić information content (AvgIpc) is 3.07. The smallest absolute Gasteiger partial charge is 0.220 e. The van der Waals surface area contributed by atoms with Gasteiger partial charge < -0.3 is 15.5 Å². The second kappa shape index (κ2) is 6.20. The van der Waals surface area contributed by atoms with E-state index in [1.807, 2.05) is 37.4 Å². The van der Waals surface area contributed by atoms with Gasteiger partial charge in [-0.3, -0.25) is 0 Å². The molecule has 0 unspecified atom stereocenters. The van der Waals surface area contributed by atoms with Gasteiger partial charge in [-0.1, -0.05) is 0 Å². The number of nitrogen functional groups attached to an aromatic ring is 1. The summed E-state index contributed by atoms with van der Waals surface area (Å²) in [5, 5.41) is 0.964. The van der Waals surface area contributed by atoms with Crippen molar-refractivity contribution >= 4 is 17.0 Å². The van der Waals surface area contributed by atoms with Crippen molar-refractivity contribution in [1.29, 1.82) is 0 Å². The Morgan fingerprint density at radius 1 is 1.04 bits per heavy atom. The number of hydrogen-bond donors (Lipinski definition) is 2. The van der Waals surface area contributed by atoms with Gasteiger partial charge in [0.2, 0.25) is 11.8 Å². The SMILES string of the molecule is CCOc1ccc(-c2ccnc3[nH]cc(-c4ccnc(N)n4)c23)cn1. The van der Waals surface area contributed by atoms with Gasteiger partial charge in [0.05, 0.1) is 12.3 Å². The van der Waals surface area contributed by atoms with Crippen LogP contribution >= 0.6 is 0 Å². The summed E-state index contributed by atoms with van der Waals surface area (Å²) in [6.45, 7) is 2.52. The van der Waals surface area contributed by atoms with E-state index in [4.69, 9.17) is 10.5 Å². The van der Waals surface area contributed by atoms with Crippen LogP contribution in [0.25, 0.3) is 33.4 Å². The number of nitrogens with two attached hydrogens (primary N) is 1. The van der Waals surface area contributed by atoms with Gasteiger partial charge in [-0.15, -0.1) is 0 Å². The first-order chi connectivity index (χ1) is 12.3. The van der Waals surface area contributed by atoms with Crippen LogP contribution in [0, 0.1) is 0 Å². The Labute approximate surface area is 143 Å².